The van der Waals surface area contributed by atoms with Gasteiger partial charge in [-0.2, -0.15) is 0 Å². The van der Waals surface area contributed by atoms with Gasteiger partial charge < -0.3 is 9.80 Å². The zero-order valence-corrected chi connectivity index (χ0v) is 9.71. The third-order valence-electron chi connectivity index (χ3n) is 3.30. The van der Waals surface area contributed by atoms with Gasteiger partial charge >= 0.3 is 0 Å². The third kappa shape index (κ3) is 3.25. The van der Waals surface area contributed by atoms with Crippen LogP contribution in [0, 0.1) is 11.8 Å². The average Bonchev–Trinajstić information content (AvgIpc) is 2.91. The summed E-state index contributed by atoms with van der Waals surface area (Å²) in [6, 6.07) is 0. The van der Waals surface area contributed by atoms with E-state index in [9.17, 15) is 0 Å². The molecule has 14 heavy (non-hydrogen) atoms. The highest BCUT2D eigenvalue weighted by Crippen LogP contribution is 2.29. The lowest BCUT2D eigenvalue weighted by Crippen LogP contribution is -2.47. The third-order valence-corrected chi connectivity index (χ3v) is 3.30. The van der Waals surface area contributed by atoms with Gasteiger partial charge in [0.2, 0.25) is 0 Å². The fourth-order valence-electron chi connectivity index (χ4n) is 2.34. The van der Waals surface area contributed by atoms with Crippen LogP contribution >= 0.6 is 0 Å². The van der Waals surface area contributed by atoms with Gasteiger partial charge in [0.15, 0.2) is 0 Å². The van der Waals surface area contributed by atoms with E-state index in [1.807, 2.05) is 0 Å². The van der Waals surface area contributed by atoms with Gasteiger partial charge in [-0.05, 0) is 24.7 Å². The Balaban J connectivity index is 1.63. The van der Waals surface area contributed by atoms with E-state index in [1.54, 1.807) is 0 Å². The van der Waals surface area contributed by atoms with E-state index in [1.165, 1.54) is 52.1 Å². The van der Waals surface area contributed by atoms with Crippen LogP contribution in [0.1, 0.15) is 26.7 Å². The van der Waals surface area contributed by atoms with Crippen molar-refractivity contribution in [2.45, 2.75) is 26.7 Å². The molecule has 2 nitrogen and oxygen atoms in total. The summed E-state index contributed by atoms with van der Waals surface area (Å²) in [4.78, 5) is 5.28. The normalized spacial score (nSPS) is 25.9. The van der Waals surface area contributed by atoms with Gasteiger partial charge in [0, 0.05) is 39.3 Å². The monoisotopic (exact) mass is 196 g/mol. The van der Waals surface area contributed by atoms with Gasteiger partial charge in [0.05, 0.1) is 0 Å². The van der Waals surface area contributed by atoms with Crippen molar-refractivity contribution in [2.24, 2.45) is 11.8 Å². The number of piperazine rings is 1. The molecule has 2 rings (SSSR count). The van der Waals surface area contributed by atoms with Crippen LogP contribution in [0.15, 0.2) is 0 Å². The maximum atomic E-state index is 2.66. The molecule has 82 valence electrons. The summed E-state index contributed by atoms with van der Waals surface area (Å²) in [5.41, 5.74) is 0. The van der Waals surface area contributed by atoms with Crippen molar-refractivity contribution in [3.63, 3.8) is 0 Å². The molecule has 0 radical (unpaired) electrons. The topological polar surface area (TPSA) is 6.48 Å². The van der Waals surface area contributed by atoms with E-state index in [-0.39, 0.29) is 0 Å². The zero-order chi connectivity index (χ0) is 9.97. The van der Waals surface area contributed by atoms with E-state index in [0.717, 1.165) is 11.8 Å². The van der Waals surface area contributed by atoms with Crippen molar-refractivity contribution < 1.29 is 0 Å². The van der Waals surface area contributed by atoms with Gasteiger partial charge in [-0.25, -0.2) is 0 Å². The van der Waals surface area contributed by atoms with Crippen LogP contribution in [0.4, 0.5) is 0 Å². The molecule has 0 aromatic rings. The minimum Gasteiger partial charge on any atom is -0.301 e. The highest BCUT2D eigenvalue weighted by molar-refractivity contribution is 4.80. The van der Waals surface area contributed by atoms with Crippen LogP contribution in [-0.2, 0) is 0 Å². The molecule has 0 unspecified atom stereocenters. The summed E-state index contributed by atoms with van der Waals surface area (Å²) in [5, 5.41) is 0. The van der Waals surface area contributed by atoms with Crippen LogP contribution in [0.3, 0.4) is 0 Å². The lowest BCUT2D eigenvalue weighted by Gasteiger charge is -2.35. The summed E-state index contributed by atoms with van der Waals surface area (Å²) < 4.78 is 0. The second-order valence-corrected chi connectivity index (χ2v) is 5.44. The Labute approximate surface area is 88.3 Å². The van der Waals surface area contributed by atoms with Gasteiger partial charge in [-0.15, -0.1) is 0 Å². The highest BCUT2D eigenvalue weighted by atomic mass is 15.3. The minimum atomic E-state index is 0.824. The van der Waals surface area contributed by atoms with Crippen LogP contribution in [0.2, 0.25) is 0 Å². The number of nitrogens with zero attached hydrogens (tertiary/aromatic N) is 2. The molecule has 0 aromatic heterocycles. The van der Waals surface area contributed by atoms with Crippen LogP contribution in [-0.4, -0.2) is 49.1 Å². The molecule has 0 amide bonds. The maximum absolute atomic E-state index is 2.66. The summed E-state index contributed by atoms with van der Waals surface area (Å²) >= 11 is 0. The summed E-state index contributed by atoms with van der Waals surface area (Å²) in [7, 11) is 0. The Morgan fingerprint density at radius 2 is 1.57 bits per heavy atom. The number of hydrogen-bond acceptors (Lipinski definition) is 2. The fourth-order valence-corrected chi connectivity index (χ4v) is 2.34. The Morgan fingerprint density at radius 3 is 2.07 bits per heavy atom. The lowest BCUT2D eigenvalue weighted by molar-refractivity contribution is 0.119. The van der Waals surface area contributed by atoms with Crippen molar-refractivity contribution >= 4 is 0 Å². The van der Waals surface area contributed by atoms with Gasteiger partial charge in [-0.1, -0.05) is 13.8 Å². The molecule has 0 N–H and O–H groups in total. The van der Waals surface area contributed by atoms with Gasteiger partial charge in [-0.3, -0.25) is 0 Å². The second-order valence-electron chi connectivity index (χ2n) is 5.44. The van der Waals surface area contributed by atoms with Crippen LogP contribution in [0.25, 0.3) is 0 Å². The van der Waals surface area contributed by atoms with E-state index < -0.39 is 0 Å². The fraction of sp³-hybridized carbons (Fsp3) is 1.00. The second kappa shape index (κ2) is 4.63. The molecule has 0 atom stereocenters. The number of rotatable bonds is 4. The molecule has 1 aliphatic heterocycles. The van der Waals surface area contributed by atoms with E-state index in [0.29, 0.717) is 0 Å². The summed E-state index contributed by atoms with van der Waals surface area (Å²) in [6.45, 7) is 12.5. The van der Waals surface area contributed by atoms with Crippen molar-refractivity contribution in [1.82, 2.24) is 9.80 Å². The molecule has 0 aromatic carbocycles. The molecule has 2 fully saturated rings. The van der Waals surface area contributed by atoms with Crippen molar-refractivity contribution in [3.8, 4) is 0 Å². The summed E-state index contributed by atoms with van der Waals surface area (Å²) in [6.07, 6.45) is 2.98. The standard InChI is InChI=1S/C12H24N2/c1-11(2)9-13-5-7-14(8-6-13)10-12-3-4-12/h11-12H,3-10H2,1-2H3. The Hall–Kier alpha value is -0.0800. The first-order valence-corrected chi connectivity index (χ1v) is 6.19. The van der Waals surface area contributed by atoms with Crippen molar-refractivity contribution in [3.05, 3.63) is 0 Å². The average molecular weight is 196 g/mol. The van der Waals surface area contributed by atoms with Crippen molar-refractivity contribution in [2.75, 3.05) is 39.3 Å². The molecular formula is C12H24N2. The molecule has 0 spiro atoms. The predicted molar refractivity (Wildman–Crippen MR) is 60.4 cm³/mol. The van der Waals surface area contributed by atoms with Gasteiger partial charge in [0.1, 0.15) is 0 Å². The predicted octanol–water partition coefficient (Wildman–Crippen LogP) is 1.67. The van der Waals surface area contributed by atoms with Crippen molar-refractivity contribution in [1.29, 1.82) is 0 Å². The maximum Gasteiger partial charge on any atom is 0.0110 e. The Bertz CT molecular complexity index is 155. The molecule has 2 heteroatoms. The molecule has 2 aliphatic rings. The first-order valence-electron chi connectivity index (χ1n) is 6.19. The largest absolute Gasteiger partial charge is 0.301 e. The van der Waals surface area contributed by atoms with E-state index in [2.05, 4.69) is 23.6 Å². The molecule has 0 bridgehead atoms. The van der Waals surface area contributed by atoms with Crippen LogP contribution < -0.4 is 0 Å². The molecule has 1 saturated carbocycles. The SMILES string of the molecule is CC(C)CN1CCN(CC2CC2)CC1. The van der Waals surface area contributed by atoms with Gasteiger partial charge in [0.25, 0.3) is 0 Å². The van der Waals surface area contributed by atoms with E-state index >= 15 is 0 Å². The molecule has 1 aliphatic carbocycles. The summed E-state index contributed by atoms with van der Waals surface area (Å²) in [5.74, 6) is 1.89. The highest BCUT2D eigenvalue weighted by Gasteiger charge is 2.26. The first-order chi connectivity index (χ1) is 6.74. The Kier molecular flexibility index (Phi) is 3.45. The molecular weight excluding hydrogens is 172 g/mol. The van der Waals surface area contributed by atoms with E-state index in [4.69, 9.17) is 0 Å². The minimum absolute atomic E-state index is 0.824. The quantitative estimate of drug-likeness (QED) is 0.675. The zero-order valence-electron chi connectivity index (χ0n) is 9.71. The number of hydrogen-bond donors (Lipinski definition) is 0. The Morgan fingerprint density at radius 1 is 1.00 bits per heavy atom. The molecule has 1 heterocycles. The molecule has 1 saturated heterocycles. The first kappa shape index (κ1) is 10.4. The smallest absolute Gasteiger partial charge is 0.0110 e. The van der Waals surface area contributed by atoms with Crippen LogP contribution in [0.5, 0.6) is 0 Å². The lowest BCUT2D eigenvalue weighted by atomic mass is 10.2.